The highest BCUT2D eigenvalue weighted by atomic mass is 16.6. The third-order valence-electron chi connectivity index (χ3n) is 3.91. The predicted octanol–water partition coefficient (Wildman–Crippen LogP) is 2.34. The molecule has 114 valence electrons. The van der Waals surface area contributed by atoms with Crippen molar-refractivity contribution in [2.75, 3.05) is 6.61 Å². The SMILES string of the molecule is CC1=CC(=O)[C@]2(C=C1)C(C(=O)OC(C)(C)C)=CC[C@@H]2CO. The molecule has 0 aromatic rings. The van der Waals surface area contributed by atoms with Crippen LogP contribution in [-0.4, -0.2) is 29.1 Å². The van der Waals surface area contributed by atoms with Crippen molar-refractivity contribution in [3.05, 3.63) is 35.5 Å². The maximum atomic E-state index is 12.6. The predicted molar refractivity (Wildman–Crippen MR) is 79.5 cm³/mol. The molecule has 0 aliphatic heterocycles. The van der Waals surface area contributed by atoms with Crippen molar-refractivity contribution in [2.45, 2.75) is 39.7 Å². The van der Waals surface area contributed by atoms with Crippen LogP contribution in [0.3, 0.4) is 0 Å². The van der Waals surface area contributed by atoms with Gasteiger partial charge in [-0.1, -0.05) is 18.2 Å². The summed E-state index contributed by atoms with van der Waals surface area (Å²) in [6, 6.07) is 0. The molecule has 0 aromatic heterocycles. The molecule has 2 aliphatic rings. The summed E-state index contributed by atoms with van der Waals surface area (Å²) in [4.78, 5) is 25.0. The lowest BCUT2D eigenvalue weighted by atomic mass is 9.68. The summed E-state index contributed by atoms with van der Waals surface area (Å²) >= 11 is 0. The highest BCUT2D eigenvalue weighted by molar-refractivity contribution is 6.09. The van der Waals surface area contributed by atoms with Gasteiger partial charge in [-0.2, -0.15) is 0 Å². The van der Waals surface area contributed by atoms with Crippen LogP contribution in [0.15, 0.2) is 35.5 Å². The lowest BCUT2D eigenvalue weighted by Gasteiger charge is -2.34. The lowest BCUT2D eigenvalue weighted by Crippen LogP contribution is -2.41. The molecule has 0 heterocycles. The molecule has 0 fully saturated rings. The van der Waals surface area contributed by atoms with Crippen LogP contribution in [0, 0.1) is 11.3 Å². The number of hydrogen-bond acceptors (Lipinski definition) is 4. The number of carbonyl (C=O) groups excluding carboxylic acids is 2. The number of ether oxygens (including phenoxy) is 1. The summed E-state index contributed by atoms with van der Waals surface area (Å²) in [6.07, 6.45) is 7.33. The van der Waals surface area contributed by atoms with E-state index in [1.807, 2.05) is 13.0 Å². The van der Waals surface area contributed by atoms with Crippen LogP contribution < -0.4 is 0 Å². The molecule has 21 heavy (non-hydrogen) atoms. The number of aliphatic hydroxyl groups is 1. The van der Waals surface area contributed by atoms with E-state index in [-0.39, 0.29) is 18.3 Å². The standard InChI is InChI=1S/C17H22O4/c1-11-7-8-17(14(19)9-11)12(10-18)5-6-13(17)15(20)21-16(2,3)4/h6-9,12,18H,5,10H2,1-4H3/t12-,17+/m1/s1. The summed E-state index contributed by atoms with van der Waals surface area (Å²) < 4.78 is 5.42. The Labute approximate surface area is 125 Å². The van der Waals surface area contributed by atoms with Crippen molar-refractivity contribution >= 4 is 11.8 Å². The zero-order chi connectivity index (χ0) is 15.8. The molecular weight excluding hydrogens is 268 g/mol. The smallest absolute Gasteiger partial charge is 0.335 e. The van der Waals surface area contributed by atoms with Gasteiger partial charge in [0.25, 0.3) is 0 Å². The van der Waals surface area contributed by atoms with E-state index in [9.17, 15) is 14.7 Å². The van der Waals surface area contributed by atoms with E-state index in [4.69, 9.17) is 4.74 Å². The van der Waals surface area contributed by atoms with Gasteiger partial charge in [-0.3, -0.25) is 4.79 Å². The van der Waals surface area contributed by atoms with Gasteiger partial charge in [0.15, 0.2) is 5.78 Å². The van der Waals surface area contributed by atoms with Crippen molar-refractivity contribution in [1.29, 1.82) is 0 Å². The molecule has 0 radical (unpaired) electrons. The molecule has 0 saturated carbocycles. The van der Waals surface area contributed by atoms with Gasteiger partial charge in [0.2, 0.25) is 0 Å². The lowest BCUT2D eigenvalue weighted by molar-refractivity contribution is -0.152. The first kappa shape index (κ1) is 15.7. The second-order valence-electron chi connectivity index (χ2n) is 6.69. The Balaban J connectivity index is 2.41. The van der Waals surface area contributed by atoms with Gasteiger partial charge in [-0.15, -0.1) is 0 Å². The first-order valence-corrected chi connectivity index (χ1v) is 7.17. The maximum Gasteiger partial charge on any atom is 0.335 e. The Bertz CT molecular complexity index is 560. The number of esters is 1. The number of rotatable bonds is 2. The van der Waals surface area contributed by atoms with Crippen molar-refractivity contribution in [3.8, 4) is 0 Å². The molecular formula is C17H22O4. The third kappa shape index (κ3) is 2.72. The minimum Gasteiger partial charge on any atom is -0.457 e. The molecule has 4 heteroatoms. The topological polar surface area (TPSA) is 63.6 Å². The fraction of sp³-hybridized carbons (Fsp3) is 0.529. The van der Waals surface area contributed by atoms with Gasteiger partial charge in [-0.05, 0) is 45.8 Å². The molecule has 2 rings (SSSR count). The molecule has 1 N–H and O–H groups in total. The zero-order valence-corrected chi connectivity index (χ0v) is 13.0. The van der Waals surface area contributed by atoms with E-state index in [0.717, 1.165) is 5.57 Å². The van der Waals surface area contributed by atoms with Crippen LogP contribution in [0.25, 0.3) is 0 Å². The van der Waals surface area contributed by atoms with Crippen LogP contribution in [0.5, 0.6) is 0 Å². The molecule has 2 atom stereocenters. The summed E-state index contributed by atoms with van der Waals surface area (Å²) in [5.74, 6) is -0.950. The second-order valence-corrected chi connectivity index (χ2v) is 6.69. The van der Waals surface area contributed by atoms with E-state index < -0.39 is 17.0 Å². The Morgan fingerprint density at radius 1 is 1.48 bits per heavy atom. The van der Waals surface area contributed by atoms with E-state index in [2.05, 4.69) is 0 Å². The van der Waals surface area contributed by atoms with Gasteiger partial charge in [0, 0.05) is 12.5 Å². The molecule has 2 aliphatic carbocycles. The summed E-state index contributed by atoms with van der Waals surface area (Å²) in [5.41, 5.74) is -0.501. The average Bonchev–Trinajstić information content (AvgIpc) is 2.72. The molecule has 0 unspecified atom stereocenters. The normalized spacial score (nSPS) is 28.6. The Hall–Kier alpha value is -1.68. The number of carbonyl (C=O) groups is 2. The minimum atomic E-state index is -1.07. The number of ketones is 1. The first-order chi connectivity index (χ1) is 9.70. The highest BCUT2D eigenvalue weighted by Gasteiger charge is 2.52. The Morgan fingerprint density at radius 2 is 2.14 bits per heavy atom. The van der Waals surface area contributed by atoms with Crippen LogP contribution >= 0.6 is 0 Å². The van der Waals surface area contributed by atoms with E-state index in [0.29, 0.717) is 12.0 Å². The van der Waals surface area contributed by atoms with Gasteiger partial charge in [-0.25, -0.2) is 4.79 Å². The van der Waals surface area contributed by atoms with Crippen LogP contribution in [0.2, 0.25) is 0 Å². The van der Waals surface area contributed by atoms with Gasteiger partial charge in [0.1, 0.15) is 5.60 Å². The second kappa shape index (κ2) is 5.26. The molecule has 4 nitrogen and oxygen atoms in total. The first-order valence-electron chi connectivity index (χ1n) is 7.17. The van der Waals surface area contributed by atoms with Crippen molar-refractivity contribution in [2.24, 2.45) is 11.3 Å². The quantitative estimate of drug-likeness (QED) is 0.793. The van der Waals surface area contributed by atoms with Crippen LogP contribution in [-0.2, 0) is 14.3 Å². The maximum absolute atomic E-state index is 12.6. The Morgan fingerprint density at radius 3 is 2.67 bits per heavy atom. The summed E-state index contributed by atoms with van der Waals surface area (Å²) in [7, 11) is 0. The van der Waals surface area contributed by atoms with Crippen molar-refractivity contribution in [1.82, 2.24) is 0 Å². The van der Waals surface area contributed by atoms with Crippen LogP contribution in [0.1, 0.15) is 34.1 Å². The fourth-order valence-electron chi connectivity index (χ4n) is 2.92. The highest BCUT2D eigenvalue weighted by Crippen LogP contribution is 2.48. The van der Waals surface area contributed by atoms with Gasteiger partial charge >= 0.3 is 5.97 Å². The fourth-order valence-corrected chi connectivity index (χ4v) is 2.92. The van der Waals surface area contributed by atoms with Crippen molar-refractivity contribution in [3.63, 3.8) is 0 Å². The monoisotopic (exact) mass is 290 g/mol. The molecule has 1 spiro atoms. The van der Waals surface area contributed by atoms with Gasteiger partial charge in [0.05, 0.1) is 11.0 Å². The largest absolute Gasteiger partial charge is 0.457 e. The molecule has 0 aromatic carbocycles. The van der Waals surface area contributed by atoms with E-state index in [1.54, 1.807) is 32.9 Å². The summed E-state index contributed by atoms with van der Waals surface area (Å²) in [5, 5.41) is 9.61. The third-order valence-corrected chi connectivity index (χ3v) is 3.91. The zero-order valence-electron chi connectivity index (χ0n) is 13.0. The van der Waals surface area contributed by atoms with E-state index in [1.165, 1.54) is 6.08 Å². The number of hydrogen-bond donors (Lipinski definition) is 1. The molecule has 0 bridgehead atoms. The summed E-state index contributed by atoms with van der Waals surface area (Å²) in [6.45, 7) is 7.06. The van der Waals surface area contributed by atoms with Crippen LogP contribution in [0.4, 0.5) is 0 Å². The van der Waals surface area contributed by atoms with Crippen molar-refractivity contribution < 1.29 is 19.4 Å². The van der Waals surface area contributed by atoms with E-state index >= 15 is 0 Å². The Kier molecular flexibility index (Phi) is 3.93. The molecule has 0 saturated heterocycles. The number of aliphatic hydroxyl groups excluding tert-OH is 1. The number of allylic oxidation sites excluding steroid dienone is 5. The minimum absolute atomic E-state index is 0.147. The average molecular weight is 290 g/mol. The van der Waals surface area contributed by atoms with Gasteiger partial charge < -0.3 is 9.84 Å². The molecule has 0 amide bonds.